The van der Waals surface area contributed by atoms with Gasteiger partial charge in [0.05, 0.1) is 12.5 Å². The van der Waals surface area contributed by atoms with Crippen molar-refractivity contribution in [2.75, 3.05) is 42.5 Å². The number of rotatable bonds is 5. The minimum absolute atomic E-state index is 0.0765. The quantitative estimate of drug-likeness (QED) is 0.675. The number of piperazine rings is 1. The summed E-state index contributed by atoms with van der Waals surface area (Å²) in [6.45, 7) is 5.37. The van der Waals surface area contributed by atoms with E-state index in [9.17, 15) is 4.79 Å². The zero-order valence-corrected chi connectivity index (χ0v) is 15.7. The molecule has 8 heteroatoms. The monoisotopic (exact) mass is 378 g/mol. The van der Waals surface area contributed by atoms with Gasteiger partial charge in [0.1, 0.15) is 0 Å². The van der Waals surface area contributed by atoms with Crippen molar-refractivity contribution in [1.29, 1.82) is 0 Å². The molecule has 4 rings (SSSR count). The van der Waals surface area contributed by atoms with Crippen molar-refractivity contribution in [2.24, 2.45) is 0 Å². The van der Waals surface area contributed by atoms with Crippen molar-refractivity contribution in [3.8, 4) is 0 Å². The highest BCUT2D eigenvalue weighted by Crippen LogP contribution is 2.23. The third-order valence-corrected chi connectivity index (χ3v) is 4.78. The first-order valence-corrected chi connectivity index (χ1v) is 9.36. The van der Waals surface area contributed by atoms with Crippen molar-refractivity contribution in [1.82, 2.24) is 20.1 Å². The number of carbonyl (C=O) groups is 1. The second-order valence-corrected chi connectivity index (χ2v) is 6.45. The molecule has 3 aromatic rings. The van der Waals surface area contributed by atoms with Gasteiger partial charge in [0, 0.05) is 38.4 Å². The molecule has 0 bridgehead atoms. The van der Waals surface area contributed by atoms with Gasteiger partial charge in [0.25, 0.3) is 11.9 Å². The van der Waals surface area contributed by atoms with E-state index in [1.54, 1.807) is 23.2 Å². The van der Waals surface area contributed by atoms with E-state index in [1.807, 2.05) is 35.2 Å². The average molecular weight is 378 g/mol. The molecular formula is C20H22N6O2. The third kappa shape index (κ3) is 3.66. The second-order valence-electron chi connectivity index (χ2n) is 6.45. The summed E-state index contributed by atoms with van der Waals surface area (Å²) in [6.07, 6.45) is 3.19. The highest BCUT2D eigenvalue weighted by Gasteiger charge is 2.25. The van der Waals surface area contributed by atoms with Gasteiger partial charge in [0.15, 0.2) is 11.6 Å². The van der Waals surface area contributed by atoms with Crippen LogP contribution in [0.2, 0.25) is 0 Å². The van der Waals surface area contributed by atoms with Gasteiger partial charge in [-0.15, -0.1) is 5.10 Å². The molecule has 0 aliphatic carbocycles. The third-order valence-electron chi connectivity index (χ3n) is 4.78. The van der Waals surface area contributed by atoms with Crippen LogP contribution in [-0.4, -0.2) is 58.7 Å². The van der Waals surface area contributed by atoms with E-state index in [2.05, 4.69) is 22.0 Å². The first-order valence-electron chi connectivity index (χ1n) is 9.36. The predicted octanol–water partition coefficient (Wildman–Crippen LogP) is 2.59. The number of hydrogen-bond acceptors (Lipinski definition) is 7. The Hall–Kier alpha value is -3.42. The summed E-state index contributed by atoms with van der Waals surface area (Å²) in [5.74, 6) is 1.64. The largest absolute Gasteiger partial charge is 0.459 e. The topological polar surface area (TPSA) is 78.6 Å². The molecule has 2 aromatic heterocycles. The fourth-order valence-electron chi connectivity index (χ4n) is 3.29. The van der Waals surface area contributed by atoms with Gasteiger partial charge >= 0.3 is 0 Å². The van der Waals surface area contributed by atoms with Crippen LogP contribution in [0.5, 0.6) is 0 Å². The SMILES string of the molecule is CCN(c1ccccc1)c1nncc(N2CCN(C(=O)c3ccco3)CC2)n1. The molecule has 28 heavy (non-hydrogen) atoms. The van der Waals surface area contributed by atoms with Gasteiger partial charge in [-0.2, -0.15) is 10.1 Å². The molecule has 1 aliphatic rings. The highest BCUT2D eigenvalue weighted by molar-refractivity contribution is 5.91. The van der Waals surface area contributed by atoms with Gasteiger partial charge in [-0.05, 0) is 31.2 Å². The fraction of sp³-hybridized carbons (Fsp3) is 0.300. The van der Waals surface area contributed by atoms with Crippen molar-refractivity contribution < 1.29 is 9.21 Å². The predicted molar refractivity (Wildman–Crippen MR) is 106 cm³/mol. The number of amides is 1. The second kappa shape index (κ2) is 8.08. The van der Waals surface area contributed by atoms with Crippen LogP contribution < -0.4 is 9.80 Å². The summed E-state index contributed by atoms with van der Waals surface area (Å²) in [5.41, 5.74) is 1.03. The lowest BCUT2D eigenvalue weighted by molar-refractivity contribution is 0.0714. The molecule has 8 nitrogen and oxygen atoms in total. The van der Waals surface area contributed by atoms with Crippen molar-refractivity contribution >= 4 is 23.4 Å². The van der Waals surface area contributed by atoms with Crippen LogP contribution in [0.15, 0.2) is 59.3 Å². The van der Waals surface area contributed by atoms with E-state index in [-0.39, 0.29) is 5.91 Å². The Morgan fingerprint density at radius 3 is 2.57 bits per heavy atom. The van der Waals surface area contributed by atoms with Crippen LogP contribution in [-0.2, 0) is 0 Å². The Bertz CT molecular complexity index is 907. The number of nitrogens with zero attached hydrogens (tertiary/aromatic N) is 6. The van der Waals surface area contributed by atoms with Gasteiger partial charge in [-0.3, -0.25) is 4.79 Å². The lowest BCUT2D eigenvalue weighted by atomic mass is 10.3. The molecule has 1 aromatic carbocycles. The Morgan fingerprint density at radius 2 is 1.89 bits per heavy atom. The van der Waals surface area contributed by atoms with Crippen LogP contribution in [0.25, 0.3) is 0 Å². The average Bonchev–Trinajstić information content (AvgIpc) is 3.30. The Labute approximate surface area is 163 Å². The Morgan fingerprint density at radius 1 is 1.11 bits per heavy atom. The number of benzene rings is 1. The molecule has 0 saturated carbocycles. The summed E-state index contributed by atoms with van der Waals surface area (Å²) in [6, 6.07) is 13.4. The molecule has 0 spiro atoms. The molecule has 1 saturated heterocycles. The molecular weight excluding hydrogens is 356 g/mol. The number of hydrogen-bond donors (Lipinski definition) is 0. The van der Waals surface area contributed by atoms with Crippen molar-refractivity contribution in [3.63, 3.8) is 0 Å². The zero-order chi connectivity index (χ0) is 19.3. The molecule has 0 radical (unpaired) electrons. The Kier molecular flexibility index (Phi) is 5.18. The smallest absolute Gasteiger partial charge is 0.289 e. The van der Waals surface area contributed by atoms with Crippen molar-refractivity contribution in [3.05, 3.63) is 60.7 Å². The maximum atomic E-state index is 12.4. The number of carbonyl (C=O) groups excluding carboxylic acids is 1. The van der Waals surface area contributed by atoms with E-state index in [0.717, 1.165) is 18.1 Å². The summed E-state index contributed by atoms with van der Waals surface area (Å²) in [7, 11) is 0. The lowest BCUT2D eigenvalue weighted by Gasteiger charge is -2.35. The standard InChI is InChI=1S/C20H22N6O2/c1-2-26(16-7-4-3-5-8-16)20-22-18(15-21-23-20)24-10-12-25(13-11-24)19(27)17-9-6-14-28-17/h3-9,14-15H,2,10-13H2,1H3. The first kappa shape index (κ1) is 18.0. The van der Waals surface area contributed by atoms with Gasteiger partial charge in [-0.1, -0.05) is 18.2 Å². The van der Waals surface area contributed by atoms with Crippen molar-refractivity contribution in [2.45, 2.75) is 6.92 Å². The molecule has 0 unspecified atom stereocenters. The summed E-state index contributed by atoms with van der Waals surface area (Å²) < 4.78 is 5.22. The summed E-state index contributed by atoms with van der Waals surface area (Å²) in [5, 5.41) is 8.38. The molecule has 0 N–H and O–H groups in total. The van der Waals surface area contributed by atoms with Gasteiger partial charge in [0.2, 0.25) is 0 Å². The fourth-order valence-corrected chi connectivity index (χ4v) is 3.29. The van der Waals surface area contributed by atoms with Crippen LogP contribution in [0.3, 0.4) is 0 Å². The maximum Gasteiger partial charge on any atom is 0.289 e. The maximum absolute atomic E-state index is 12.4. The first-order chi connectivity index (χ1) is 13.8. The number of furan rings is 1. The summed E-state index contributed by atoms with van der Waals surface area (Å²) in [4.78, 5) is 23.1. The number of aromatic nitrogens is 3. The van der Waals surface area contributed by atoms with Gasteiger partial charge in [-0.25, -0.2) is 0 Å². The highest BCUT2D eigenvalue weighted by atomic mass is 16.3. The zero-order valence-electron chi connectivity index (χ0n) is 15.7. The lowest BCUT2D eigenvalue weighted by Crippen LogP contribution is -2.49. The molecule has 3 heterocycles. The van der Waals surface area contributed by atoms with E-state index in [4.69, 9.17) is 9.40 Å². The van der Waals surface area contributed by atoms with E-state index < -0.39 is 0 Å². The van der Waals surface area contributed by atoms with Crippen LogP contribution >= 0.6 is 0 Å². The van der Waals surface area contributed by atoms with Crippen LogP contribution in [0, 0.1) is 0 Å². The molecule has 1 amide bonds. The molecule has 0 atom stereocenters. The van der Waals surface area contributed by atoms with Crippen LogP contribution in [0.1, 0.15) is 17.5 Å². The molecule has 1 aliphatic heterocycles. The van der Waals surface area contributed by atoms with E-state index in [0.29, 0.717) is 37.9 Å². The normalized spacial score (nSPS) is 14.2. The van der Waals surface area contributed by atoms with E-state index >= 15 is 0 Å². The molecule has 144 valence electrons. The van der Waals surface area contributed by atoms with Crippen LogP contribution in [0.4, 0.5) is 17.5 Å². The summed E-state index contributed by atoms with van der Waals surface area (Å²) >= 11 is 0. The van der Waals surface area contributed by atoms with Gasteiger partial charge < -0.3 is 19.1 Å². The number of para-hydroxylation sites is 1. The molecule has 1 fully saturated rings. The minimum atomic E-state index is -0.0765. The number of anilines is 3. The Balaban J connectivity index is 1.46. The minimum Gasteiger partial charge on any atom is -0.459 e. The van der Waals surface area contributed by atoms with E-state index in [1.165, 1.54) is 6.26 Å².